The summed E-state index contributed by atoms with van der Waals surface area (Å²) in [6.45, 7) is 4.23. The second-order valence-corrected chi connectivity index (χ2v) is 7.18. The van der Waals surface area contributed by atoms with Gasteiger partial charge in [-0.15, -0.1) is 0 Å². The van der Waals surface area contributed by atoms with E-state index in [9.17, 15) is 0 Å². The van der Waals surface area contributed by atoms with Crippen molar-refractivity contribution in [3.8, 4) is 5.75 Å². The number of rotatable bonds is 2. The molecule has 0 fully saturated rings. The van der Waals surface area contributed by atoms with E-state index in [1.54, 1.807) is 0 Å². The molecule has 0 bridgehead atoms. The number of ether oxygens (including phenoxy) is 1. The predicted molar refractivity (Wildman–Crippen MR) is 90.0 cm³/mol. The van der Waals surface area contributed by atoms with Crippen LogP contribution in [0.1, 0.15) is 36.6 Å². The molecule has 1 atom stereocenters. The van der Waals surface area contributed by atoms with Crippen molar-refractivity contribution < 1.29 is 4.74 Å². The summed E-state index contributed by atoms with van der Waals surface area (Å²) >= 11 is 2.32. The van der Waals surface area contributed by atoms with Crippen molar-refractivity contribution in [2.75, 3.05) is 0 Å². The molecule has 0 amide bonds. The maximum absolute atomic E-state index is 6.40. The first-order valence-corrected chi connectivity index (χ1v) is 7.85. The lowest BCUT2D eigenvalue weighted by atomic mass is 9.95. The monoisotopic (exact) mass is 379 g/mol. The molecule has 1 aliphatic rings. The van der Waals surface area contributed by atoms with Crippen molar-refractivity contribution in [2.24, 2.45) is 5.73 Å². The lowest BCUT2D eigenvalue weighted by Gasteiger charge is -2.16. The average Bonchev–Trinajstić information content (AvgIpc) is 2.70. The summed E-state index contributed by atoms with van der Waals surface area (Å²) in [5, 5.41) is 0. The lowest BCUT2D eigenvalue weighted by Crippen LogP contribution is -2.24. The largest absolute Gasteiger partial charge is 0.487 e. The van der Waals surface area contributed by atoms with E-state index in [2.05, 4.69) is 72.8 Å². The lowest BCUT2D eigenvalue weighted by molar-refractivity contribution is 0.138. The van der Waals surface area contributed by atoms with Crippen molar-refractivity contribution in [2.45, 2.75) is 31.9 Å². The SMILES string of the molecule is CC1(C)Cc2cc(C(N)c3cccc(I)c3)ccc2O1. The Balaban J connectivity index is 1.93. The minimum Gasteiger partial charge on any atom is -0.487 e. The standard InChI is InChI=1S/C17H18INO/c1-17(2)10-13-8-12(6-7-15(13)20-17)16(19)11-4-3-5-14(18)9-11/h3-9,16H,10,19H2,1-2H3. The van der Waals surface area contributed by atoms with Gasteiger partial charge in [-0.25, -0.2) is 0 Å². The van der Waals surface area contributed by atoms with Crippen LogP contribution < -0.4 is 10.5 Å². The molecule has 3 rings (SSSR count). The zero-order chi connectivity index (χ0) is 14.3. The van der Waals surface area contributed by atoms with Gasteiger partial charge in [0.2, 0.25) is 0 Å². The van der Waals surface area contributed by atoms with Crippen molar-refractivity contribution in [3.63, 3.8) is 0 Å². The molecule has 2 aromatic carbocycles. The van der Waals surface area contributed by atoms with Gasteiger partial charge in [0.25, 0.3) is 0 Å². The minimum atomic E-state index is -0.104. The van der Waals surface area contributed by atoms with Crippen LogP contribution in [-0.2, 0) is 6.42 Å². The summed E-state index contributed by atoms with van der Waals surface area (Å²) in [6, 6.07) is 14.6. The Bertz CT molecular complexity index is 651. The van der Waals surface area contributed by atoms with Crippen LogP contribution in [0.15, 0.2) is 42.5 Å². The fourth-order valence-corrected chi connectivity index (χ4v) is 3.28. The van der Waals surface area contributed by atoms with E-state index in [4.69, 9.17) is 10.5 Å². The highest BCUT2D eigenvalue weighted by atomic mass is 127. The van der Waals surface area contributed by atoms with E-state index in [0.29, 0.717) is 0 Å². The first-order valence-electron chi connectivity index (χ1n) is 6.77. The molecule has 2 nitrogen and oxygen atoms in total. The normalized spacial score (nSPS) is 17.4. The molecule has 0 saturated carbocycles. The second kappa shape index (κ2) is 5.04. The maximum Gasteiger partial charge on any atom is 0.123 e. The zero-order valence-corrected chi connectivity index (χ0v) is 13.8. The maximum atomic E-state index is 6.40. The Labute approximate surface area is 133 Å². The number of hydrogen-bond acceptors (Lipinski definition) is 2. The van der Waals surface area contributed by atoms with Crippen molar-refractivity contribution in [1.29, 1.82) is 0 Å². The Hall–Kier alpha value is -1.07. The van der Waals surface area contributed by atoms with Gasteiger partial charge in [-0.05, 0) is 71.3 Å². The third-order valence-electron chi connectivity index (χ3n) is 3.65. The molecule has 1 aliphatic heterocycles. The van der Waals surface area contributed by atoms with E-state index >= 15 is 0 Å². The Morgan fingerprint density at radius 2 is 1.90 bits per heavy atom. The first kappa shape index (κ1) is 13.9. The van der Waals surface area contributed by atoms with Crippen LogP contribution in [0.4, 0.5) is 0 Å². The van der Waals surface area contributed by atoms with Crippen LogP contribution in [0.2, 0.25) is 0 Å². The number of nitrogens with two attached hydrogens (primary N) is 1. The topological polar surface area (TPSA) is 35.2 Å². The zero-order valence-electron chi connectivity index (χ0n) is 11.7. The molecular formula is C17H18INO. The third kappa shape index (κ3) is 2.69. The van der Waals surface area contributed by atoms with Gasteiger partial charge in [0, 0.05) is 9.99 Å². The second-order valence-electron chi connectivity index (χ2n) is 5.94. The summed E-state index contributed by atoms with van der Waals surface area (Å²) < 4.78 is 7.12. The van der Waals surface area contributed by atoms with Gasteiger partial charge in [-0.3, -0.25) is 0 Å². The van der Waals surface area contributed by atoms with Gasteiger partial charge in [-0.2, -0.15) is 0 Å². The number of hydrogen-bond donors (Lipinski definition) is 1. The highest BCUT2D eigenvalue weighted by Gasteiger charge is 2.30. The third-order valence-corrected chi connectivity index (χ3v) is 4.32. The van der Waals surface area contributed by atoms with E-state index in [0.717, 1.165) is 23.3 Å². The summed E-state index contributed by atoms with van der Waals surface area (Å²) in [4.78, 5) is 0. The minimum absolute atomic E-state index is 0.0845. The van der Waals surface area contributed by atoms with Gasteiger partial charge >= 0.3 is 0 Å². The number of benzene rings is 2. The van der Waals surface area contributed by atoms with E-state index in [1.807, 2.05) is 6.07 Å². The average molecular weight is 379 g/mol. The molecular weight excluding hydrogens is 361 g/mol. The predicted octanol–water partition coefficient (Wildman–Crippen LogP) is 4.05. The fourth-order valence-electron chi connectivity index (χ4n) is 2.72. The highest BCUT2D eigenvalue weighted by Crippen LogP contribution is 2.36. The molecule has 2 aromatic rings. The number of fused-ring (bicyclic) bond motifs is 1. The van der Waals surface area contributed by atoms with Crippen molar-refractivity contribution in [1.82, 2.24) is 0 Å². The van der Waals surface area contributed by atoms with E-state index in [1.165, 1.54) is 9.13 Å². The van der Waals surface area contributed by atoms with Crippen LogP contribution in [0.5, 0.6) is 5.75 Å². The summed E-state index contributed by atoms with van der Waals surface area (Å²) in [5.74, 6) is 0.994. The van der Waals surface area contributed by atoms with Crippen LogP contribution in [0.25, 0.3) is 0 Å². The van der Waals surface area contributed by atoms with Crippen molar-refractivity contribution in [3.05, 3.63) is 62.7 Å². The molecule has 0 radical (unpaired) electrons. The summed E-state index contributed by atoms with van der Waals surface area (Å²) in [6.07, 6.45) is 0.940. The molecule has 1 unspecified atom stereocenters. The van der Waals surface area contributed by atoms with Gasteiger partial charge in [0.05, 0.1) is 6.04 Å². The molecule has 104 valence electrons. The molecule has 0 aromatic heterocycles. The van der Waals surface area contributed by atoms with E-state index < -0.39 is 0 Å². The Morgan fingerprint density at radius 1 is 1.15 bits per heavy atom. The van der Waals surface area contributed by atoms with Crippen LogP contribution >= 0.6 is 22.6 Å². The van der Waals surface area contributed by atoms with E-state index in [-0.39, 0.29) is 11.6 Å². The highest BCUT2D eigenvalue weighted by molar-refractivity contribution is 14.1. The van der Waals surface area contributed by atoms with Gasteiger partial charge < -0.3 is 10.5 Å². The van der Waals surface area contributed by atoms with Crippen molar-refractivity contribution >= 4 is 22.6 Å². The molecule has 20 heavy (non-hydrogen) atoms. The Morgan fingerprint density at radius 3 is 2.65 bits per heavy atom. The van der Waals surface area contributed by atoms with Crippen LogP contribution in [0, 0.1) is 3.57 Å². The van der Waals surface area contributed by atoms with Crippen LogP contribution in [0.3, 0.4) is 0 Å². The molecule has 0 aliphatic carbocycles. The van der Waals surface area contributed by atoms with Gasteiger partial charge in [0.1, 0.15) is 11.4 Å². The Kier molecular flexibility index (Phi) is 3.50. The fraction of sp³-hybridized carbons (Fsp3) is 0.294. The van der Waals surface area contributed by atoms with Gasteiger partial charge in [-0.1, -0.05) is 24.3 Å². The smallest absolute Gasteiger partial charge is 0.123 e. The first-order chi connectivity index (χ1) is 9.44. The molecule has 0 saturated heterocycles. The molecule has 0 spiro atoms. The molecule has 3 heteroatoms. The summed E-state index contributed by atoms with van der Waals surface area (Å²) in [5.41, 5.74) is 9.85. The quantitative estimate of drug-likeness (QED) is 0.799. The van der Waals surface area contributed by atoms with Gasteiger partial charge in [0.15, 0.2) is 0 Å². The molecule has 1 heterocycles. The molecule has 2 N–H and O–H groups in total. The summed E-state index contributed by atoms with van der Waals surface area (Å²) in [7, 11) is 0. The number of halogens is 1. The van der Waals surface area contributed by atoms with Crippen LogP contribution in [-0.4, -0.2) is 5.60 Å².